The minimum Gasteiger partial charge on any atom is -0.368 e. The summed E-state index contributed by atoms with van der Waals surface area (Å²) in [5.74, 6) is -0.157. The number of amides is 3. The molecule has 0 saturated heterocycles. The molecule has 9 nitrogen and oxygen atoms in total. The van der Waals surface area contributed by atoms with E-state index in [4.69, 9.17) is 10.3 Å². The molecule has 0 fully saturated rings. The molecule has 0 aliphatic carbocycles. The molecule has 4 N–H and O–H groups in total. The monoisotopic (exact) mass is 359 g/mol. The lowest BCUT2D eigenvalue weighted by molar-refractivity contribution is -0.117. The first-order valence-electron chi connectivity index (χ1n) is 8.25. The summed E-state index contributed by atoms with van der Waals surface area (Å²) in [6.45, 7) is 1.79. The Balaban J connectivity index is 1.81. The molecule has 1 aromatic carbocycles. The van der Waals surface area contributed by atoms with Crippen LogP contribution in [0.3, 0.4) is 0 Å². The Hall–Kier alpha value is -3.23. The summed E-state index contributed by atoms with van der Waals surface area (Å²) in [5.41, 5.74) is 5.88. The molecule has 0 aliphatic heterocycles. The molecular weight excluding hydrogens is 338 g/mol. The molecule has 138 valence electrons. The van der Waals surface area contributed by atoms with Gasteiger partial charge in [-0.05, 0) is 30.7 Å². The second-order valence-corrected chi connectivity index (χ2v) is 5.63. The van der Waals surface area contributed by atoms with Gasteiger partial charge in [0.15, 0.2) is 5.82 Å². The molecule has 0 radical (unpaired) electrons. The highest BCUT2D eigenvalue weighted by Gasteiger charge is 2.10. The average Bonchev–Trinajstić information content (AvgIpc) is 3.06. The Kier molecular flexibility index (Phi) is 6.84. The first kappa shape index (κ1) is 19.1. The zero-order valence-electron chi connectivity index (χ0n) is 14.4. The molecular formula is C17H21N5O4. The predicted octanol–water partition coefficient (Wildman–Crippen LogP) is 0.808. The number of hydrogen-bond donors (Lipinski definition) is 3. The van der Waals surface area contributed by atoms with Gasteiger partial charge in [0.2, 0.25) is 17.7 Å². The van der Waals surface area contributed by atoms with Crippen LogP contribution in [0.1, 0.15) is 41.8 Å². The van der Waals surface area contributed by atoms with E-state index >= 15 is 0 Å². The van der Waals surface area contributed by atoms with Crippen molar-refractivity contribution in [1.82, 2.24) is 15.5 Å². The number of nitrogens with two attached hydrogens (primary N) is 1. The quantitative estimate of drug-likeness (QED) is 0.605. The minimum absolute atomic E-state index is 0.203. The van der Waals surface area contributed by atoms with Crippen LogP contribution in [0, 0.1) is 0 Å². The summed E-state index contributed by atoms with van der Waals surface area (Å²) in [6, 6.07) is 6.29. The van der Waals surface area contributed by atoms with Gasteiger partial charge in [-0.15, -0.1) is 0 Å². The third-order valence-corrected chi connectivity index (χ3v) is 3.40. The number of nitrogens with zero attached hydrogens (tertiary/aromatic N) is 2. The van der Waals surface area contributed by atoms with Crippen LogP contribution in [0.5, 0.6) is 0 Å². The molecule has 0 aliphatic rings. The van der Waals surface area contributed by atoms with Crippen LogP contribution in [0.4, 0.5) is 5.69 Å². The fourth-order valence-corrected chi connectivity index (χ4v) is 2.14. The van der Waals surface area contributed by atoms with Crippen LogP contribution < -0.4 is 16.4 Å². The molecule has 9 heteroatoms. The maximum Gasteiger partial charge on any atom is 0.251 e. The Morgan fingerprint density at radius 1 is 1.15 bits per heavy atom. The summed E-state index contributed by atoms with van der Waals surface area (Å²) >= 11 is 0. The van der Waals surface area contributed by atoms with Crippen molar-refractivity contribution >= 4 is 23.4 Å². The lowest BCUT2D eigenvalue weighted by Gasteiger charge is -2.06. The SMILES string of the molecule is CCCc1noc(CCC(=O)Nc2ccc(C(=O)NCC(N)=O)cc2)n1. The molecule has 0 bridgehead atoms. The van der Waals surface area contributed by atoms with Crippen molar-refractivity contribution in [2.75, 3.05) is 11.9 Å². The number of rotatable bonds is 9. The van der Waals surface area contributed by atoms with Crippen LogP contribution in [0.15, 0.2) is 28.8 Å². The number of carbonyl (C=O) groups excluding carboxylic acids is 3. The van der Waals surface area contributed by atoms with Crippen molar-refractivity contribution in [3.8, 4) is 0 Å². The summed E-state index contributed by atoms with van der Waals surface area (Å²) in [6.07, 6.45) is 2.23. The number of benzene rings is 1. The Morgan fingerprint density at radius 3 is 2.54 bits per heavy atom. The van der Waals surface area contributed by atoms with Crippen molar-refractivity contribution in [3.05, 3.63) is 41.5 Å². The number of hydrogen-bond acceptors (Lipinski definition) is 6. The Bertz CT molecular complexity index is 770. The van der Waals surface area contributed by atoms with E-state index in [0.717, 1.165) is 12.8 Å². The molecule has 2 aromatic rings. The fraction of sp³-hybridized carbons (Fsp3) is 0.353. The molecule has 26 heavy (non-hydrogen) atoms. The zero-order valence-corrected chi connectivity index (χ0v) is 14.4. The van der Waals surface area contributed by atoms with Crippen LogP contribution in [-0.4, -0.2) is 34.4 Å². The Labute approximate surface area is 150 Å². The largest absolute Gasteiger partial charge is 0.368 e. The van der Waals surface area contributed by atoms with Gasteiger partial charge in [0.1, 0.15) is 0 Å². The zero-order chi connectivity index (χ0) is 18.9. The number of carbonyl (C=O) groups is 3. The highest BCUT2D eigenvalue weighted by atomic mass is 16.5. The average molecular weight is 359 g/mol. The number of aryl methyl sites for hydroxylation is 2. The summed E-state index contributed by atoms with van der Waals surface area (Å²) < 4.78 is 5.08. The van der Waals surface area contributed by atoms with E-state index in [1.54, 1.807) is 24.3 Å². The summed E-state index contributed by atoms with van der Waals surface area (Å²) in [7, 11) is 0. The molecule has 3 amide bonds. The molecule has 0 unspecified atom stereocenters. The van der Waals surface area contributed by atoms with Crippen molar-refractivity contribution in [2.24, 2.45) is 5.73 Å². The molecule has 2 rings (SSSR count). The van der Waals surface area contributed by atoms with E-state index in [1.165, 1.54) is 0 Å². The van der Waals surface area contributed by atoms with E-state index in [9.17, 15) is 14.4 Å². The fourth-order valence-electron chi connectivity index (χ4n) is 2.14. The van der Waals surface area contributed by atoms with Gasteiger partial charge in [-0.25, -0.2) is 0 Å². The van der Waals surface area contributed by atoms with Crippen molar-refractivity contribution in [3.63, 3.8) is 0 Å². The molecule has 0 spiro atoms. The summed E-state index contributed by atoms with van der Waals surface area (Å²) in [5, 5.41) is 8.95. The first-order valence-corrected chi connectivity index (χ1v) is 8.25. The molecule has 1 aromatic heterocycles. The normalized spacial score (nSPS) is 10.3. The molecule has 0 saturated carbocycles. The Morgan fingerprint density at radius 2 is 1.88 bits per heavy atom. The number of aromatic nitrogens is 2. The molecule has 0 atom stereocenters. The molecule has 1 heterocycles. The third kappa shape index (κ3) is 6.00. The second kappa shape index (κ2) is 9.30. The van der Waals surface area contributed by atoms with Gasteiger partial charge in [0, 0.05) is 30.5 Å². The van der Waals surface area contributed by atoms with Gasteiger partial charge in [0.25, 0.3) is 5.91 Å². The van der Waals surface area contributed by atoms with Gasteiger partial charge in [-0.1, -0.05) is 12.1 Å². The highest BCUT2D eigenvalue weighted by molar-refractivity contribution is 5.97. The van der Waals surface area contributed by atoms with Crippen LogP contribution in [0.25, 0.3) is 0 Å². The van der Waals surface area contributed by atoms with Gasteiger partial charge in [-0.2, -0.15) is 4.98 Å². The van der Waals surface area contributed by atoms with Crippen LogP contribution in [0.2, 0.25) is 0 Å². The van der Waals surface area contributed by atoms with Crippen molar-refractivity contribution in [1.29, 1.82) is 0 Å². The van der Waals surface area contributed by atoms with E-state index in [2.05, 4.69) is 20.8 Å². The topological polar surface area (TPSA) is 140 Å². The van der Waals surface area contributed by atoms with Crippen molar-refractivity contribution < 1.29 is 18.9 Å². The van der Waals surface area contributed by atoms with Gasteiger partial charge < -0.3 is 20.9 Å². The summed E-state index contributed by atoms with van der Waals surface area (Å²) in [4.78, 5) is 38.6. The van der Waals surface area contributed by atoms with E-state index < -0.39 is 11.8 Å². The van der Waals surface area contributed by atoms with Crippen LogP contribution in [-0.2, 0) is 22.4 Å². The number of nitrogens with one attached hydrogen (secondary N) is 2. The maximum absolute atomic E-state index is 12.0. The van der Waals surface area contributed by atoms with Gasteiger partial charge in [0.05, 0.1) is 6.54 Å². The highest BCUT2D eigenvalue weighted by Crippen LogP contribution is 2.11. The minimum atomic E-state index is -0.620. The smallest absolute Gasteiger partial charge is 0.251 e. The lowest BCUT2D eigenvalue weighted by Crippen LogP contribution is -2.33. The van der Waals surface area contributed by atoms with E-state index in [1.807, 2.05) is 6.92 Å². The standard InChI is InChI=1S/C17H21N5O4/c1-2-3-14-21-16(26-22-14)9-8-15(24)20-12-6-4-11(5-7-12)17(25)19-10-13(18)23/h4-7H,2-3,8-10H2,1H3,(H2,18,23)(H,19,25)(H,20,24). The van der Waals surface area contributed by atoms with Gasteiger partial charge >= 0.3 is 0 Å². The number of anilines is 1. The maximum atomic E-state index is 12.0. The van der Waals surface area contributed by atoms with E-state index in [-0.39, 0.29) is 18.9 Å². The van der Waals surface area contributed by atoms with Crippen LogP contribution >= 0.6 is 0 Å². The third-order valence-electron chi connectivity index (χ3n) is 3.40. The second-order valence-electron chi connectivity index (χ2n) is 5.63. The van der Waals surface area contributed by atoms with Gasteiger partial charge in [-0.3, -0.25) is 14.4 Å². The lowest BCUT2D eigenvalue weighted by atomic mass is 10.2. The number of primary amides is 1. The predicted molar refractivity (Wildman–Crippen MR) is 93.2 cm³/mol. The van der Waals surface area contributed by atoms with Crippen molar-refractivity contribution in [2.45, 2.75) is 32.6 Å². The van der Waals surface area contributed by atoms with E-state index in [0.29, 0.717) is 29.4 Å². The first-order chi connectivity index (χ1) is 12.5.